The zero-order valence-corrected chi connectivity index (χ0v) is 16.0. The van der Waals surface area contributed by atoms with Gasteiger partial charge in [0.1, 0.15) is 0 Å². The molecular formula is C15H20ClN5OS2. The van der Waals surface area contributed by atoms with E-state index in [9.17, 15) is 4.79 Å². The van der Waals surface area contributed by atoms with E-state index in [2.05, 4.69) is 39.6 Å². The van der Waals surface area contributed by atoms with Crippen LogP contribution in [0.25, 0.3) is 0 Å². The maximum atomic E-state index is 11.9. The Morgan fingerprint density at radius 2 is 1.92 bits per heavy atom. The van der Waals surface area contributed by atoms with Gasteiger partial charge in [0.2, 0.25) is 5.13 Å². The van der Waals surface area contributed by atoms with Gasteiger partial charge >= 0.3 is 6.03 Å². The number of nitrogens with zero attached hydrogens (tertiary/aromatic N) is 3. The van der Waals surface area contributed by atoms with E-state index in [0.717, 1.165) is 29.7 Å². The number of halogens is 1. The molecular weight excluding hydrogens is 366 g/mol. The maximum absolute atomic E-state index is 11.9. The first-order chi connectivity index (χ1) is 11.6. The molecule has 2 aromatic rings. The smallest absolute Gasteiger partial charge is 0.308 e. The highest BCUT2D eigenvalue weighted by atomic mass is 35.5. The molecule has 0 aliphatic rings. The lowest BCUT2D eigenvalue weighted by Crippen LogP contribution is -2.25. The fourth-order valence-electron chi connectivity index (χ4n) is 1.91. The predicted molar refractivity (Wildman–Crippen MR) is 103 cm³/mol. The number of urea groups is 1. The fraction of sp³-hybridized carbons (Fsp3) is 0.400. The molecule has 2 rings (SSSR count). The van der Waals surface area contributed by atoms with Gasteiger partial charge in [0, 0.05) is 23.0 Å². The summed E-state index contributed by atoms with van der Waals surface area (Å²) in [5, 5.41) is 14.6. The minimum absolute atomic E-state index is 0.354. The van der Waals surface area contributed by atoms with Gasteiger partial charge in [0.15, 0.2) is 4.34 Å². The molecule has 24 heavy (non-hydrogen) atoms. The van der Waals surface area contributed by atoms with E-state index >= 15 is 0 Å². The zero-order chi connectivity index (χ0) is 17.4. The lowest BCUT2D eigenvalue weighted by molar-refractivity contribution is 0.262. The van der Waals surface area contributed by atoms with E-state index < -0.39 is 0 Å². The van der Waals surface area contributed by atoms with E-state index in [1.165, 1.54) is 11.3 Å². The van der Waals surface area contributed by atoms with Crippen LogP contribution in [0.1, 0.15) is 13.8 Å². The Morgan fingerprint density at radius 3 is 2.58 bits per heavy atom. The second kappa shape index (κ2) is 9.83. The number of aromatic nitrogens is 2. The second-order valence-corrected chi connectivity index (χ2v) is 7.59. The Bertz CT molecular complexity index is 646. The molecule has 0 bridgehead atoms. The molecule has 0 spiro atoms. The van der Waals surface area contributed by atoms with E-state index in [-0.39, 0.29) is 6.03 Å². The summed E-state index contributed by atoms with van der Waals surface area (Å²) < 4.78 is 0.851. The Hall–Kier alpha value is -1.35. The molecule has 1 aromatic carbocycles. The van der Waals surface area contributed by atoms with Crippen molar-refractivity contribution in [2.24, 2.45) is 0 Å². The highest BCUT2D eigenvalue weighted by Gasteiger charge is 2.09. The van der Waals surface area contributed by atoms with Crippen LogP contribution in [0.3, 0.4) is 0 Å². The molecule has 1 aromatic heterocycles. The Morgan fingerprint density at radius 1 is 1.21 bits per heavy atom. The van der Waals surface area contributed by atoms with E-state index in [0.29, 0.717) is 15.8 Å². The summed E-state index contributed by atoms with van der Waals surface area (Å²) in [4.78, 5) is 14.3. The third-order valence-electron chi connectivity index (χ3n) is 3.26. The number of rotatable bonds is 8. The van der Waals surface area contributed by atoms with Gasteiger partial charge in [-0.05, 0) is 37.4 Å². The molecule has 0 fully saturated rings. The van der Waals surface area contributed by atoms with Crippen molar-refractivity contribution in [2.75, 3.05) is 36.0 Å². The van der Waals surface area contributed by atoms with Crippen molar-refractivity contribution in [1.82, 2.24) is 15.1 Å². The van der Waals surface area contributed by atoms with Gasteiger partial charge < -0.3 is 10.2 Å². The normalized spacial score (nSPS) is 10.8. The number of benzene rings is 1. The summed E-state index contributed by atoms with van der Waals surface area (Å²) in [7, 11) is 0. The summed E-state index contributed by atoms with van der Waals surface area (Å²) in [6, 6.07) is 6.54. The van der Waals surface area contributed by atoms with E-state index in [4.69, 9.17) is 11.6 Å². The van der Waals surface area contributed by atoms with E-state index in [1.54, 1.807) is 36.0 Å². The molecule has 0 unspecified atom stereocenters. The third-order valence-corrected chi connectivity index (χ3v) is 5.46. The highest BCUT2D eigenvalue weighted by Crippen LogP contribution is 2.25. The highest BCUT2D eigenvalue weighted by molar-refractivity contribution is 8.01. The third kappa shape index (κ3) is 6.27. The monoisotopic (exact) mass is 385 g/mol. The van der Waals surface area contributed by atoms with Gasteiger partial charge in [0.05, 0.1) is 0 Å². The van der Waals surface area contributed by atoms with Crippen LogP contribution in [-0.4, -0.2) is 46.5 Å². The number of carbonyl (C=O) groups excluding carboxylic acids is 1. The van der Waals surface area contributed by atoms with Gasteiger partial charge in [-0.1, -0.05) is 48.5 Å². The van der Waals surface area contributed by atoms with E-state index in [1.807, 2.05) is 0 Å². The Labute approximate surface area is 155 Å². The van der Waals surface area contributed by atoms with Crippen molar-refractivity contribution in [3.63, 3.8) is 0 Å². The van der Waals surface area contributed by atoms with Crippen molar-refractivity contribution in [3.05, 3.63) is 29.3 Å². The average molecular weight is 386 g/mol. The van der Waals surface area contributed by atoms with Crippen LogP contribution in [0.15, 0.2) is 28.6 Å². The Balaban J connectivity index is 1.78. The minimum atomic E-state index is -0.354. The lowest BCUT2D eigenvalue weighted by Gasteiger charge is -2.16. The molecule has 2 amide bonds. The number of thioether (sulfide) groups is 1. The maximum Gasteiger partial charge on any atom is 0.325 e. The lowest BCUT2D eigenvalue weighted by atomic mass is 10.3. The topological polar surface area (TPSA) is 70.2 Å². The number of hydrogen-bond acceptors (Lipinski definition) is 6. The van der Waals surface area contributed by atoms with Crippen LogP contribution in [0.4, 0.5) is 15.6 Å². The fourth-order valence-corrected chi connectivity index (χ4v) is 3.86. The predicted octanol–water partition coefficient (Wildman–Crippen LogP) is 4.27. The van der Waals surface area contributed by atoms with Gasteiger partial charge in [-0.3, -0.25) is 5.32 Å². The van der Waals surface area contributed by atoms with Crippen LogP contribution in [-0.2, 0) is 0 Å². The SMILES string of the molecule is CCN(CC)CCSc1nnc(NC(=O)Nc2ccc(Cl)cc2)s1. The van der Waals surface area contributed by atoms with Crippen LogP contribution in [0.5, 0.6) is 0 Å². The van der Waals surface area contributed by atoms with Crippen molar-refractivity contribution >= 4 is 51.5 Å². The van der Waals surface area contributed by atoms with Gasteiger partial charge in [-0.25, -0.2) is 4.79 Å². The minimum Gasteiger partial charge on any atom is -0.308 e. The second-order valence-electron chi connectivity index (χ2n) is 4.83. The molecule has 130 valence electrons. The molecule has 6 nitrogen and oxygen atoms in total. The number of carbonyl (C=O) groups is 1. The van der Waals surface area contributed by atoms with Gasteiger partial charge in [-0.15, -0.1) is 10.2 Å². The van der Waals surface area contributed by atoms with Crippen molar-refractivity contribution < 1.29 is 4.79 Å². The number of anilines is 2. The molecule has 0 radical (unpaired) electrons. The average Bonchev–Trinajstić information content (AvgIpc) is 3.01. The summed E-state index contributed by atoms with van der Waals surface area (Å²) in [5.41, 5.74) is 0.662. The summed E-state index contributed by atoms with van der Waals surface area (Å²) in [6.07, 6.45) is 0. The number of amides is 2. The first-order valence-corrected chi connectivity index (χ1v) is 9.81. The quantitative estimate of drug-likeness (QED) is 0.524. The first-order valence-electron chi connectivity index (χ1n) is 7.63. The standard InChI is InChI=1S/C15H20ClN5OS2/c1-3-21(4-2)9-10-23-15-20-19-14(24-15)18-13(22)17-12-7-5-11(16)6-8-12/h5-8H,3-4,9-10H2,1-2H3,(H2,17,18,19,22). The zero-order valence-electron chi connectivity index (χ0n) is 13.6. The Kier molecular flexibility index (Phi) is 7.77. The molecule has 2 N–H and O–H groups in total. The largest absolute Gasteiger partial charge is 0.325 e. The molecule has 0 aliphatic carbocycles. The first kappa shape index (κ1) is 19.0. The van der Waals surface area contributed by atoms with Crippen LogP contribution < -0.4 is 10.6 Å². The van der Waals surface area contributed by atoms with Crippen molar-refractivity contribution in [1.29, 1.82) is 0 Å². The molecule has 0 atom stereocenters. The molecule has 9 heteroatoms. The summed E-state index contributed by atoms with van der Waals surface area (Å²) in [5.74, 6) is 0.952. The molecule has 0 saturated carbocycles. The summed E-state index contributed by atoms with van der Waals surface area (Å²) >= 11 is 8.83. The van der Waals surface area contributed by atoms with Crippen molar-refractivity contribution in [2.45, 2.75) is 18.2 Å². The van der Waals surface area contributed by atoms with Gasteiger partial charge in [0.25, 0.3) is 0 Å². The number of hydrogen-bond donors (Lipinski definition) is 2. The van der Waals surface area contributed by atoms with Crippen LogP contribution in [0, 0.1) is 0 Å². The van der Waals surface area contributed by atoms with Crippen LogP contribution in [0.2, 0.25) is 5.02 Å². The molecule has 0 aliphatic heterocycles. The van der Waals surface area contributed by atoms with Gasteiger partial charge in [-0.2, -0.15) is 0 Å². The summed E-state index contributed by atoms with van der Waals surface area (Å²) in [6.45, 7) is 7.41. The number of nitrogens with one attached hydrogen (secondary N) is 2. The van der Waals surface area contributed by atoms with Crippen LogP contribution >= 0.6 is 34.7 Å². The molecule has 1 heterocycles. The van der Waals surface area contributed by atoms with Crippen molar-refractivity contribution in [3.8, 4) is 0 Å². The molecule has 0 saturated heterocycles.